The van der Waals surface area contributed by atoms with Crippen LogP contribution in [0.1, 0.15) is 56.2 Å². The molecule has 19 heavy (non-hydrogen) atoms. The van der Waals surface area contributed by atoms with Crippen molar-refractivity contribution in [2.75, 3.05) is 7.05 Å². The van der Waals surface area contributed by atoms with Gasteiger partial charge in [0.05, 0.1) is 0 Å². The van der Waals surface area contributed by atoms with Crippen LogP contribution in [0.5, 0.6) is 0 Å². The van der Waals surface area contributed by atoms with Crippen LogP contribution >= 0.6 is 0 Å². The quantitative estimate of drug-likeness (QED) is 0.836. The highest BCUT2D eigenvalue weighted by Crippen LogP contribution is 2.40. The second-order valence-corrected chi connectivity index (χ2v) is 5.91. The van der Waals surface area contributed by atoms with Crippen LogP contribution in [0.4, 0.5) is 4.39 Å². The third-order valence-corrected chi connectivity index (χ3v) is 4.72. The third kappa shape index (κ3) is 3.17. The van der Waals surface area contributed by atoms with E-state index in [0.717, 1.165) is 17.0 Å². The highest BCUT2D eigenvalue weighted by Gasteiger charge is 2.32. The molecule has 0 bridgehead atoms. The summed E-state index contributed by atoms with van der Waals surface area (Å²) in [6.07, 6.45) is 6.34. The Morgan fingerprint density at radius 2 is 2.05 bits per heavy atom. The molecule has 1 fully saturated rings. The van der Waals surface area contributed by atoms with Gasteiger partial charge in [0.1, 0.15) is 5.82 Å². The molecule has 1 N–H and O–H groups in total. The summed E-state index contributed by atoms with van der Waals surface area (Å²) in [7, 11) is 1.97. The van der Waals surface area contributed by atoms with Gasteiger partial charge in [0.15, 0.2) is 0 Å². The predicted octanol–water partition coefficient (Wildman–Crippen LogP) is 4.61. The Kier molecular flexibility index (Phi) is 4.98. The molecule has 0 spiro atoms. The molecule has 1 saturated carbocycles. The van der Waals surface area contributed by atoms with E-state index in [2.05, 4.69) is 12.2 Å². The van der Waals surface area contributed by atoms with Gasteiger partial charge >= 0.3 is 0 Å². The predicted molar refractivity (Wildman–Crippen MR) is 78.7 cm³/mol. The summed E-state index contributed by atoms with van der Waals surface area (Å²) < 4.78 is 14.2. The number of hydrogen-bond donors (Lipinski definition) is 1. The van der Waals surface area contributed by atoms with Gasteiger partial charge in [0.25, 0.3) is 0 Å². The van der Waals surface area contributed by atoms with Crippen LogP contribution in [0.15, 0.2) is 18.2 Å². The van der Waals surface area contributed by atoms with Gasteiger partial charge in [-0.2, -0.15) is 0 Å². The second-order valence-electron chi connectivity index (χ2n) is 5.91. The maximum Gasteiger partial charge on any atom is 0.128 e. The molecule has 3 atom stereocenters. The first-order valence-corrected chi connectivity index (χ1v) is 7.60. The molecule has 1 nitrogen and oxygen atoms in total. The lowest BCUT2D eigenvalue weighted by molar-refractivity contribution is 0.178. The Morgan fingerprint density at radius 3 is 2.74 bits per heavy atom. The van der Waals surface area contributed by atoms with Crippen LogP contribution in [-0.4, -0.2) is 7.05 Å². The number of aryl methyl sites for hydroxylation is 1. The minimum Gasteiger partial charge on any atom is -0.313 e. The monoisotopic (exact) mass is 263 g/mol. The lowest BCUT2D eigenvalue weighted by Crippen LogP contribution is -2.33. The van der Waals surface area contributed by atoms with Crippen molar-refractivity contribution in [3.05, 3.63) is 35.1 Å². The molecule has 1 aromatic rings. The average molecular weight is 263 g/mol. The van der Waals surface area contributed by atoms with Gasteiger partial charge in [0.2, 0.25) is 0 Å². The largest absolute Gasteiger partial charge is 0.313 e. The fourth-order valence-corrected chi connectivity index (χ4v) is 3.68. The van der Waals surface area contributed by atoms with Crippen LogP contribution in [0.3, 0.4) is 0 Å². The van der Waals surface area contributed by atoms with Crippen molar-refractivity contribution in [3.8, 4) is 0 Å². The lowest BCUT2D eigenvalue weighted by Gasteiger charge is -2.37. The van der Waals surface area contributed by atoms with Gasteiger partial charge in [-0.3, -0.25) is 0 Å². The van der Waals surface area contributed by atoms with Crippen LogP contribution in [0, 0.1) is 24.6 Å². The highest BCUT2D eigenvalue weighted by atomic mass is 19.1. The van der Waals surface area contributed by atoms with Crippen molar-refractivity contribution in [3.63, 3.8) is 0 Å². The second kappa shape index (κ2) is 6.51. The molecule has 0 heterocycles. The maximum atomic E-state index is 14.2. The van der Waals surface area contributed by atoms with E-state index in [1.54, 1.807) is 6.07 Å². The first kappa shape index (κ1) is 14.5. The van der Waals surface area contributed by atoms with Crippen molar-refractivity contribution in [1.82, 2.24) is 5.32 Å². The molecule has 2 heteroatoms. The van der Waals surface area contributed by atoms with Crippen molar-refractivity contribution in [2.45, 2.75) is 52.0 Å². The molecule has 0 amide bonds. The number of nitrogens with one attached hydrogen (secondary N) is 1. The van der Waals surface area contributed by atoms with Crippen molar-refractivity contribution in [2.24, 2.45) is 11.8 Å². The standard InChI is InChI=1S/C17H26FN/c1-4-13-7-5-6-8-14(13)17(19-3)15-11-12(2)9-10-16(15)18/h9-11,13-14,17,19H,4-8H2,1-3H3. The summed E-state index contributed by atoms with van der Waals surface area (Å²) in [5.41, 5.74) is 1.99. The van der Waals surface area contributed by atoms with E-state index in [1.807, 2.05) is 26.1 Å². The molecular weight excluding hydrogens is 237 g/mol. The van der Waals surface area contributed by atoms with E-state index >= 15 is 0 Å². The molecule has 2 rings (SSSR count). The van der Waals surface area contributed by atoms with Gasteiger partial charge in [-0.05, 0) is 38.3 Å². The number of rotatable bonds is 4. The topological polar surface area (TPSA) is 12.0 Å². The van der Waals surface area contributed by atoms with Gasteiger partial charge < -0.3 is 5.32 Å². The van der Waals surface area contributed by atoms with Crippen LogP contribution in [-0.2, 0) is 0 Å². The average Bonchev–Trinajstić information content (AvgIpc) is 2.44. The summed E-state index contributed by atoms with van der Waals surface area (Å²) in [4.78, 5) is 0. The Morgan fingerprint density at radius 1 is 1.32 bits per heavy atom. The maximum absolute atomic E-state index is 14.2. The molecular formula is C17H26FN. The molecule has 1 aliphatic carbocycles. The Bertz CT molecular complexity index is 416. The molecule has 0 aromatic heterocycles. The van der Waals surface area contributed by atoms with E-state index in [4.69, 9.17) is 0 Å². The normalized spacial score (nSPS) is 25.3. The molecule has 1 aliphatic rings. The van der Waals surface area contributed by atoms with Crippen molar-refractivity contribution < 1.29 is 4.39 Å². The van der Waals surface area contributed by atoms with E-state index < -0.39 is 0 Å². The first-order valence-electron chi connectivity index (χ1n) is 7.60. The number of benzene rings is 1. The van der Waals surface area contributed by atoms with E-state index in [-0.39, 0.29) is 11.9 Å². The van der Waals surface area contributed by atoms with Crippen LogP contribution in [0.2, 0.25) is 0 Å². The molecule has 0 saturated heterocycles. The molecule has 0 aliphatic heterocycles. The van der Waals surface area contributed by atoms with E-state index in [9.17, 15) is 4.39 Å². The zero-order chi connectivity index (χ0) is 13.8. The minimum absolute atomic E-state index is 0.0645. The zero-order valence-electron chi connectivity index (χ0n) is 12.4. The van der Waals surface area contributed by atoms with E-state index in [0.29, 0.717) is 5.92 Å². The summed E-state index contributed by atoms with van der Waals surface area (Å²) in [5.74, 6) is 1.23. The SMILES string of the molecule is CCC1CCCCC1C(NC)c1cc(C)ccc1F. The van der Waals surface area contributed by atoms with Crippen molar-refractivity contribution in [1.29, 1.82) is 0 Å². The lowest BCUT2D eigenvalue weighted by atomic mass is 9.72. The fourth-order valence-electron chi connectivity index (χ4n) is 3.68. The highest BCUT2D eigenvalue weighted by molar-refractivity contribution is 5.27. The smallest absolute Gasteiger partial charge is 0.128 e. The Hall–Kier alpha value is -0.890. The number of halogens is 1. The molecule has 0 radical (unpaired) electrons. The minimum atomic E-state index is -0.0645. The fraction of sp³-hybridized carbons (Fsp3) is 0.647. The van der Waals surface area contributed by atoms with Gasteiger partial charge in [0, 0.05) is 11.6 Å². The Labute approximate surface area is 116 Å². The third-order valence-electron chi connectivity index (χ3n) is 4.72. The van der Waals surface area contributed by atoms with Gasteiger partial charge in [-0.1, -0.05) is 50.3 Å². The van der Waals surface area contributed by atoms with Crippen LogP contribution in [0.25, 0.3) is 0 Å². The summed E-state index contributed by atoms with van der Waals surface area (Å²) in [6.45, 7) is 4.30. The van der Waals surface area contributed by atoms with Gasteiger partial charge in [-0.25, -0.2) is 4.39 Å². The Balaban J connectivity index is 2.29. The van der Waals surface area contributed by atoms with E-state index in [1.165, 1.54) is 32.1 Å². The summed E-state index contributed by atoms with van der Waals surface area (Å²) in [6, 6.07) is 5.63. The zero-order valence-corrected chi connectivity index (χ0v) is 12.4. The molecule has 106 valence electrons. The van der Waals surface area contributed by atoms with Crippen molar-refractivity contribution >= 4 is 0 Å². The van der Waals surface area contributed by atoms with Gasteiger partial charge in [-0.15, -0.1) is 0 Å². The molecule has 1 aromatic carbocycles. The molecule has 3 unspecified atom stereocenters. The van der Waals surface area contributed by atoms with Crippen LogP contribution < -0.4 is 5.32 Å². The number of hydrogen-bond acceptors (Lipinski definition) is 1. The summed E-state index contributed by atoms with van der Waals surface area (Å²) >= 11 is 0. The first-order chi connectivity index (χ1) is 9.17. The summed E-state index contributed by atoms with van der Waals surface area (Å²) in [5, 5.41) is 3.38.